The lowest BCUT2D eigenvalue weighted by Crippen LogP contribution is -2.51. The Morgan fingerprint density at radius 2 is 1.59 bits per heavy atom. The molecule has 2 aromatic carbocycles. The van der Waals surface area contributed by atoms with Crippen molar-refractivity contribution in [2.75, 3.05) is 5.32 Å². The molecule has 190 valence electrons. The highest BCUT2D eigenvalue weighted by Crippen LogP contribution is 2.09. The normalized spacial score (nSPS) is 11.2. The molecule has 0 aliphatic carbocycles. The van der Waals surface area contributed by atoms with E-state index in [0.717, 1.165) is 5.56 Å². The van der Waals surface area contributed by atoms with Crippen molar-refractivity contribution in [3.63, 3.8) is 0 Å². The van der Waals surface area contributed by atoms with Crippen LogP contribution in [0.2, 0.25) is 0 Å². The molecule has 0 aliphatic heterocycles. The molecule has 1 aromatic heterocycles. The van der Waals surface area contributed by atoms with Gasteiger partial charge in [0.1, 0.15) is 12.6 Å². The average molecular weight is 502 g/mol. The molecule has 5 N–H and O–H groups in total. The molecule has 10 nitrogen and oxygen atoms in total. The van der Waals surface area contributed by atoms with Crippen LogP contribution in [0, 0.1) is 23.7 Å². The van der Waals surface area contributed by atoms with Gasteiger partial charge in [0.05, 0.1) is 12.4 Å². The van der Waals surface area contributed by atoms with Gasteiger partial charge in [0.25, 0.3) is 11.8 Å². The van der Waals surface area contributed by atoms with E-state index in [2.05, 4.69) is 39.3 Å². The Labute approximate surface area is 214 Å². The Kier molecular flexibility index (Phi) is 10.6. The third-order valence-electron chi connectivity index (χ3n) is 4.84. The van der Waals surface area contributed by atoms with Crippen molar-refractivity contribution in [1.29, 1.82) is 0 Å². The summed E-state index contributed by atoms with van der Waals surface area (Å²) >= 11 is 0. The van der Waals surface area contributed by atoms with Gasteiger partial charge in [-0.05, 0) is 67.3 Å². The lowest BCUT2D eigenvalue weighted by atomic mass is 10.1. The Balaban J connectivity index is 0.00000481. The maximum Gasteiger partial charge on any atom is 0.268 e. The van der Waals surface area contributed by atoms with Crippen LogP contribution in [0.4, 0.5) is 5.69 Å². The second kappa shape index (κ2) is 13.9. The Morgan fingerprint density at radius 3 is 2.11 bits per heavy atom. The molecule has 3 aromatic rings. The third-order valence-corrected chi connectivity index (χ3v) is 4.84. The van der Waals surface area contributed by atoms with Gasteiger partial charge in [-0.15, -0.1) is 0 Å². The summed E-state index contributed by atoms with van der Waals surface area (Å²) in [6.45, 7) is 1.49. The van der Waals surface area contributed by atoms with E-state index in [1.807, 2.05) is 0 Å². The summed E-state index contributed by atoms with van der Waals surface area (Å²) in [6, 6.07) is 12.0. The molecule has 0 spiro atoms. The number of anilines is 1. The summed E-state index contributed by atoms with van der Waals surface area (Å²) in [7, 11) is 0. The topological polar surface area (TPSA) is 146 Å². The van der Waals surface area contributed by atoms with Gasteiger partial charge in [0, 0.05) is 34.8 Å². The highest BCUT2D eigenvalue weighted by atomic mass is 16.5. The number of aromatic nitrogens is 2. The van der Waals surface area contributed by atoms with Crippen molar-refractivity contribution >= 4 is 23.4 Å². The standard InChI is InChI=1S/C26H23N5O5.CH4/c1-18(32)24(26(35)30-36)29-25(34)21-10-6-19(7-11-21)4-2-3-5-20-8-12-22(13-9-20)28-23(33)16-31-15-14-27-17-31;/h6-15,17-18,24,32,36H,16H2,1H3,(H,28,33)(H,29,34)(H,30,35);1H4/t18-,24+;/m1./s1. The first-order valence-electron chi connectivity index (χ1n) is 10.8. The second-order valence-electron chi connectivity index (χ2n) is 7.61. The van der Waals surface area contributed by atoms with Crippen molar-refractivity contribution in [2.24, 2.45) is 0 Å². The molecule has 3 rings (SSSR count). The van der Waals surface area contributed by atoms with Crippen LogP contribution >= 0.6 is 0 Å². The molecule has 3 amide bonds. The highest BCUT2D eigenvalue weighted by Gasteiger charge is 2.25. The maximum absolute atomic E-state index is 12.3. The monoisotopic (exact) mass is 501 g/mol. The lowest BCUT2D eigenvalue weighted by Gasteiger charge is -2.19. The summed E-state index contributed by atoms with van der Waals surface area (Å²) in [5.74, 6) is 9.59. The molecule has 2 atom stereocenters. The van der Waals surface area contributed by atoms with Gasteiger partial charge >= 0.3 is 0 Å². The van der Waals surface area contributed by atoms with E-state index in [9.17, 15) is 19.5 Å². The molecular formula is C27H27N5O5. The second-order valence-corrected chi connectivity index (χ2v) is 7.61. The van der Waals surface area contributed by atoms with E-state index in [1.54, 1.807) is 59.7 Å². The van der Waals surface area contributed by atoms with Crippen LogP contribution < -0.4 is 16.1 Å². The number of hydrogen-bond donors (Lipinski definition) is 5. The van der Waals surface area contributed by atoms with Gasteiger partial charge in [0.15, 0.2) is 0 Å². The minimum absolute atomic E-state index is 0. The number of nitrogens with one attached hydrogen (secondary N) is 3. The number of benzene rings is 2. The van der Waals surface area contributed by atoms with Crippen LogP contribution in [-0.2, 0) is 16.1 Å². The van der Waals surface area contributed by atoms with Crippen LogP contribution in [-0.4, -0.2) is 49.7 Å². The minimum atomic E-state index is -1.30. The fourth-order valence-electron chi connectivity index (χ4n) is 2.99. The van der Waals surface area contributed by atoms with Crippen molar-refractivity contribution in [3.8, 4) is 23.7 Å². The minimum Gasteiger partial charge on any atom is -0.391 e. The summed E-state index contributed by atoms with van der Waals surface area (Å²) < 4.78 is 1.67. The zero-order valence-electron chi connectivity index (χ0n) is 19.2. The summed E-state index contributed by atoms with van der Waals surface area (Å²) in [6.07, 6.45) is 3.68. The van der Waals surface area contributed by atoms with Gasteiger partial charge < -0.3 is 20.3 Å². The molecule has 0 unspecified atom stereocenters. The van der Waals surface area contributed by atoms with E-state index in [1.165, 1.54) is 24.5 Å². The SMILES string of the molecule is C.C[C@@H](O)[C@H](NC(=O)c1ccc(C#CC#Cc2ccc(NC(=O)Cn3ccnc3)cc2)cc1)C(=O)NO. The summed E-state index contributed by atoms with van der Waals surface area (Å²) in [5.41, 5.74) is 3.65. The first kappa shape index (κ1) is 28.3. The van der Waals surface area contributed by atoms with Gasteiger partial charge in [-0.2, -0.15) is 0 Å². The zero-order chi connectivity index (χ0) is 25.9. The molecule has 37 heavy (non-hydrogen) atoms. The van der Waals surface area contributed by atoms with Crippen LogP contribution in [0.25, 0.3) is 0 Å². The number of rotatable bonds is 7. The Morgan fingerprint density at radius 1 is 1.00 bits per heavy atom. The fraction of sp³-hybridized carbons (Fsp3) is 0.185. The number of nitrogens with zero attached hydrogens (tertiary/aromatic N) is 2. The Hall–Kier alpha value is -4.90. The van der Waals surface area contributed by atoms with E-state index in [0.29, 0.717) is 11.3 Å². The van der Waals surface area contributed by atoms with Gasteiger partial charge in [-0.1, -0.05) is 19.3 Å². The van der Waals surface area contributed by atoms with Crippen LogP contribution in [0.15, 0.2) is 67.3 Å². The van der Waals surface area contributed by atoms with Crippen molar-refractivity contribution in [3.05, 3.63) is 83.9 Å². The number of hydrogen-bond acceptors (Lipinski definition) is 6. The van der Waals surface area contributed by atoms with Gasteiger partial charge in [-0.25, -0.2) is 10.5 Å². The van der Waals surface area contributed by atoms with E-state index in [-0.39, 0.29) is 25.4 Å². The summed E-state index contributed by atoms with van der Waals surface area (Å²) in [4.78, 5) is 39.8. The smallest absolute Gasteiger partial charge is 0.268 e. The first-order valence-corrected chi connectivity index (χ1v) is 10.8. The molecule has 10 heteroatoms. The molecule has 0 saturated carbocycles. The quantitative estimate of drug-likeness (QED) is 0.189. The predicted octanol–water partition coefficient (Wildman–Crippen LogP) is 1.55. The Bertz CT molecular complexity index is 1330. The summed E-state index contributed by atoms with van der Waals surface area (Å²) in [5, 5.41) is 23.5. The predicted molar refractivity (Wildman–Crippen MR) is 137 cm³/mol. The van der Waals surface area contributed by atoms with Crippen molar-refractivity contribution < 1.29 is 24.7 Å². The zero-order valence-corrected chi connectivity index (χ0v) is 19.2. The van der Waals surface area contributed by atoms with E-state index in [4.69, 9.17) is 5.21 Å². The number of imidazole rings is 1. The maximum atomic E-state index is 12.3. The molecule has 0 bridgehead atoms. The van der Waals surface area contributed by atoms with Gasteiger partial charge in [-0.3, -0.25) is 19.6 Å². The number of carbonyl (C=O) groups excluding carboxylic acids is 3. The fourth-order valence-corrected chi connectivity index (χ4v) is 2.99. The molecular weight excluding hydrogens is 474 g/mol. The van der Waals surface area contributed by atoms with Crippen LogP contribution in [0.1, 0.15) is 35.8 Å². The molecule has 0 aliphatic rings. The first-order chi connectivity index (χ1) is 17.4. The third kappa shape index (κ3) is 8.67. The number of amides is 3. The largest absolute Gasteiger partial charge is 0.391 e. The van der Waals surface area contributed by atoms with Crippen molar-refractivity contribution in [1.82, 2.24) is 20.3 Å². The number of hydroxylamine groups is 1. The lowest BCUT2D eigenvalue weighted by molar-refractivity contribution is -0.133. The highest BCUT2D eigenvalue weighted by molar-refractivity contribution is 5.97. The van der Waals surface area contributed by atoms with E-state index < -0.39 is 24.0 Å². The number of carbonyl (C=O) groups is 3. The van der Waals surface area contributed by atoms with Gasteiger partial charge in [0.2, 0.25) is 5.91 Å². The average Bonchev–Trinajstić information content (AvgIpc) is 3.38. The number of aliphatic hydroxyl groups is 1. The van der Waals surface area contributed by atoms with Crippen LogP contribution in [0.5, 0.6) is 0 Å². The van der Waals surface area contributed by atoms with Crippen molar-refractivity contribution in [2.45, 2.75) is 33.0 Å². The van der Waals surface area contributed by atoms with E-state index >= 15 is 0 Å². The van der Waals surface area contributed by atoms with Crippen LogP contribution in [0.3, 0.4) is 0 Å². The molecule has 0 saturated heterocycles. The molecule has 0 fully saturated rings. The molecule has 0 radical (unpaired) electrons. The number of aliphatic hydroxyl groups excluding tert-OH is 1. The molecule has 1 heterocycles.